The standard InChI is InChI=1S/C24H27BrO3/c1-2-3-17-4-6-18(7-5-17)19-8-10-20(11-9-19)23(26)16-28-24(27)21-12-14-22(25)15-13-21/h8-15,17-18H,2-7,16H2,1H3. The van der Waals surface area contributed by atoms with Crippen LogP contribution in [0.2, 0.25) is 0 Å². The molecule has 1 saturated carbocycles. The molecule has 0 unspecified atom stereocenters. The van der Waals surface area contributed by atoms with E-state index >= 15 is 0 Å². The molecular weight excluding hydrogens is 416 g/mol. The van der Waals surface area contributed by atoms with Gasteiger partial charge >= 0.3 is 5.97 Å². The molecule has 0 aromatic heterocycles. The zero-order valence-electron chi connectivity index (χ0n) is 16.3. The van der Waals surface area contributed by atoms with Gasteiger partial charge in [-0.05, 0) is 67.3 Å². The number of Topliss-reactive ketones (excluding diaryl/α,β-unsaturated/α-hetero) is 1. The van der Waals surface area contributed by atoms with E-state index in [1.807, 2.05) is 12.1 Å². The first-order chi connectivity index (χ1) is 13.6. The van der Waals surface area contributed by atoms with Crippen LogP contribution in [0.25, 0.3) is 0 Å². The first kappa shape index (κ1) is 20.8. The van der Waals surface area contributed by atoms with Crippen LogP contribution in [-0.2, 0) is 4.74 Å². The average molecular weight is 443 g/mol. The van der Waals surface area contributed by atoms with Gasteiger partial charge in [-0.3, -0.25) is 4.79 Å². The summed E-state index contributed by atoms with van der Waals surface area (Å²) >= 11 is 3.33. The van der Waals surface area contributed by atoms with Crippen molar-refractivity contribution >= 4 is 27.7 Å². The molecular formula is C24H27BrO3. The summed E-state index contributed by atoms with van der Waals surface area (Å²) in [5.74, 6) is 0.833. The van der Waals surface area contributed by atoms with Crippen molar-refractivity contribution in [2.45, 2.75) is 51.4 Å². The number of ether oxygens (including phenoxy) is 1. The van der Waals surface area contributed by atoms with Crippen molar-refractivity contribution in [3.05, 3.63) is 69.7 Å². The zero-order valence-corrected chi connectivity index (χ0v) is 17.9. The largest absolute Gasteiger partial charge is 0.454 e. The maximum Gasteiger partial charge on any atom is 0.338 e. The van der Waals surface area contributed by atoms with Gasteiger partial charge in [0.1, 0.15) is 0 Å². The SMILES string of the molecule is CCCC1CCC(c2ccc(C(=O)COC(=O)c3ccc(Br)cc3)cc2)CC1. The van der Waals surface area contributed by atoms with E-state index in [2.05, 4.69) is 35.0 Å². The van der Waals surface area contributed by atoms with E-state index in [1.54, 1.807) is 24.3 Å². The fourth-order valence-electron chi connectivity index (χ4n) is 4.02. The first-order valence-corrected chi connectivity index (χ1v) is 10.9. The lowest BCUT2D eigenvalue weighted by molar-refractivity contribution is 0.0474. The number of rotatable bonds is 7. The van der Waals surface area contributed by atoms with E-state index < -0.39 is 5.97 Å². The van der Waals surface area contributed by atoms with Crippen molar-refractivity contribution < 1.29 is 14.3 Å². The van der Waals surface area contributed by atoms with Crippen LogP contribution in [0.3, 0.4) is 0 Å². The molecule has 0 N–H and O–H groups in total. The van der Waals surface area contributed by atoms with Gasteiger partial charge in [-0.1, -0.05) is 60.0 Å². The normalized spacial score (nSPS) is 19.2. The third-order valence-electron chi connectivity index (χ3n) is 5.66. The molecule has 3 rings (SSSR count). The highest BCUT2D eigenvalue weighted by atomic mass is 79.9. The molecule has 0 heterocycles. The predicted molar refractivity (Wildman–Crippen MR) is 115 cm³/mol. The quantitative estimate of drug-likeness (QED) is 0.359. The number of ketones is 1. The molecule has 0 amide bonds. The van der Waals surface area contributed by atoms with Crippen LogP contribution >= 0.6 is 15.9 Å². The number of esters is 1. The van der Waals surface area contributed by atoms with E-state index in [4.69, 9.17) is 4.74 Å². The predicted octanol–water partition coefficient (Wildman–Crippen LogP) is 6.56. The smallest absolute Gasteiger partial charge is 0.338 e. The van der Waals surface area contributed by atoms with E-state index in [-0.39, 0.29) is 12.4 Å². The van der Waals surface area contributed by atoms with Gasteiger partial charge in [-0.2, -0.15) is 0 Å². The topological polar surface area (TPSA) is 43.4 Å². The first-order valence-electron chi connectivity index (χ1n) is 10.1. The number of hydrogen-bond donors (Lipinski definition) is 0. The molecule has 0 radical (unpaired) electrons. The van der Waals surface area contributed by atoms with Crippen LogP contribution in [0.4, 0.5) is 0 Å². The summed E-state index contributed by atoms with van der Waals surface area (Å²) in [5, 5.41) is 0. The Morgan fingerprint density at radius 2 is 1.54 bits per heavy atom. The van der Waals surface area contributed by atoms with Crippen LogP contribution in [0, 0.1) is 5.92 Å². The summed E-state index contributed by atoms with van der Waals surface area (Å²) < 4.78 is 6.05. The molecule has 3 nitrogen and oxygen atoms in total. The van der Waals surface area contributed by atoms with Crippen molar-refractivity contribution in [1.82, 2.24) is 0 Å². The van der Waals surface area contributed by atoms with Gasteiger partial charge in [-0.25, -0.2) is 4.79 Å². The zero-order chi connectivity index (χ0) is 19.9. The third kappa shape index (κ3) is 5.54. The summed E-state index contributed by atoms with van der Waals surface area (Å²) in [6.45, 7) is 2.02. The second-order valence-corrected chi connectivity index (χ2v) is 8.55. The van der Waals surface area contributed by atoms with E-state index in [1.165, 1.54) is 44.1 Å². The fraction of sp³-hybridized carbons (Fsp3) is 0.417. The van der Waals surface area contributed by atoms with Gasteiger partial charge in [0.05, 0.1) is 5.56 Å². The third-order valence-corrected chi connectivity index (χ3v) is 6.19. The van der Waals surface area contributed by atoms with Crippen molar-refractivity contribution in [3.8, 4) is 0 Å². The Kier molecular flexibility index (Phi) is 7.43. The van der Waals surface area contributed by atoms with Crippen molar-refractivity contribution in [3.63, 3.8) is 0 Å². The lowest BCUT2D eigenvalue weighted by atomic mass is 9.77. The molecule has 148 valence electrons. The minimum atomic E-state index is -0.485. The van der Waals surface area contributed by atoms with E-state index in [0.717, 1.165) is 10.4 Å². The maximum atomic E-state index is 12.4. The maximum absolute atomic E-state index is 12.4. The molecule has 0 atom stereocenters. The Bertz CT molecular complexity index is 788. The van der Waals surface area contributed by atoms with Crippen molar-refractivity contribution in [2.75, 3.05) is 6.61 Å². The lowest BCUT2D eigenvalue weighted by Gasteiger charge is -2.28. The van der Waals surface area contributed by atoms with Crippen LogP contribution in [0.15, 0.2) is 53.0 Å². The van der Waals surface area contributed by atoms with Crippen LogP contribution in [0.5, 0.6) is 0 Å². The summed E-state index contributed by atoms with van der Waals surface area (Å²) in [5.41, 5.74) is 2.34. The highest BCUT2D eigenvalue weighted by Gasteiger charge is 2.22. The van der Waals surface area contributed by atoms with Gasteiger partial charge in [0, 0.05) is 10.0 Å². The van der Waals surface area contributed by atoms with Crippen molar-refractivity contribution in [2.24, 2.45) is 5.92 Å². The number of halogens is 1. The summed E-state index contributed by atoms with van der Waals surface area (Å²) in [6, 6.07) is 14.7. The Balaban J connectivity index is 1.51. The monoisotopic (exact) mass is 442 g/mol. The molecule has 0 aliphatic heterocycles. The van der Waals surface area contributed by atoms with Crippen molar-refractivity contribution in [1.29, 1.82) is 0 Å². The number of carbonyl (C=O) groups is 2. The van der Waals surface area contributed by atoms with E-state index in [9.17, 15) is 9.59 Å². The minimum absolute atomic E-state index is 0.177. The van der Waals surface area contributed by atoms with Gasteiger partial charge in [0.15, 0.2) is 12.4 Å². The molecule has 2 aromatic carbocycles. The average Bonchev–Trinajstić information content (AvgIpc) is 2.73. The Morgan fingerprint density at radius 3 is 2.14 bits per heavy atom. The van der Waals surface area contributed by atoms with Gasteiger partial charge in [0.2, 0.25) is 0 Å². The molecule has 0 bridgehead atoms. The van der Waals surface area contributed by atoms with Gasteiger partial charge in [0.25, 0.3) is 0 Å². The Hall–Kier alpha value is -1.94. The summed E-state index contributed by atoms with van der Waals surface area (Å²) in [4.78, 5) is 24.4. The fourth-order valence-corrected chi connectivity index (χ4v) is 4.28. The van der Waals surface area contributed by atoms with Gasteiger partial charge in [-0.15, -0.1) is 0 Å². The summed E-state index contributed by atoms with van der Waals surface area (Å²) in [6.07, 6.45) is 7.72. The molecule has 0 saturated heterocycles. The number of carbonyl (C=O) groups excluding carboxylic acids is 2. The van der Waals surface area contributed by atoms with Crippen LogP contribution in [-0.4, -0.2) is 18.4 Å². The van der Waals surface area contributed by atoms with E-state index in [0.29, 0.717) is 17.0 Å². The Labute approximate surface area is 175 Å². The second-order valence-electron chi connectivity index (χ2n) is 7.63. The lowest BCUT2D eigenvalue weighted by Crippen LogP contribution is -2.15. The molecule has 0 spiro atoms. The minimum Gasteiger partial charge on any atom is -0.454 e. The molecule has 1 aliphatic rings. The molecule has 1 aliphatic carbocycles. The highest BCUT2D eigenvalue weighted by Crippen LogP contribution is 2.37. The number of hydrogen-bond acceptors (Lipinski definition) is 3. The molecule has 28 heavy (non-hydrogen) atoms. The second kappa shape index (κ2) is 10.0. The molecule has 2 aromatic rings. The summed E-state index contributed by atoms with van der Waals surface area (Å²) in [7, 11) is 0. The van der Waals surface area contributed by atoms with Gasteiger partial charge < -0.3 is 4.74 Å². The highest BCUT2D eigenvalue weighted by molar-refractivity contribution is 9.10. The molecule has 1 fully saturated rings. The number of benzene rings is 2. The van der Waals surface area contributed by atoms with Crippen LogP contribution < -0.4 is 0 Å². The molecule has 4 heteroatoms. The van der Waals surface area contributed by atoms with Crippen LogP contribution in [0.1, 0.15) is 77.6 Å². The Morgan fingerprint density at radius 1 is 0.929 bits per heavy atom.